The molecular weight excluding hydrogens is 358 g/mol. The van der Waals surface area contributed by atoms with Gasteiger partial charge in [-0.1, -0.05) is 15.9 Å². The van der Waals surface area contributed by atoms with Gasteiger partial charge in [-0.05, 0) is 44.9 Å². The summed E-state index contributed by atoms with van der Waals surface area (Å²) in [6.45, 7) is 6.90. The third kappa shape index (κ3) is 3.16. The lowest BCUT2D eigenvalue weighted by atomic mass is 9.89. The zero-order chi connectivity index (χ0) is 16.8. The van der Waals surface area contributed by atoms with Crippen molar-refractivity contribution in [1.29, 1.82) is 5.26 Å². The maximum absolute atomic E-state index is 12.3. The summed E-state index contributed by atoms with van der Waals surface area (Å²) in [7, 11) is 0. The van der Waals surface area contributed by atoms with Crippen molar-refractivity contribution in [2.24, 2.45) is 0 Å². The molecular formula is C17H20BrN3O2. The SMILES string of the molecule is CC(C)(C)OC(=O)N1CC[C@H]2Nc3c(C#N)cc(Br)cc3[C@H]2C1. The topological polar surface area (TPSA) is 65.4 Å². The molecule has 5 nitrogen and oxygen atoms in total. The van der Waals surface area contributed by atoms with Gasteiger partial charge < -0.3 is 15.0 Å². The molecule has 0 unspecified atom stereocenters. The van der Waals surface area contributed by atoms with Crippen LogP contribution in [0.2, 0.25) is 0 Å². The lowest BCUT2D eigenvalue weighted by molar-refractivity contribution is 0.0195. The summed E-state index contributed by atoms with van der Waals surface area (Å²) in [4.78, 5) is 14.1. The highest BCUT2D eigenvalue weighted by atomic mass is 79.9. The van der Waals surface area contributed by atoms with Crippen LogP contribution in [0.5, 0.6) is 0 Å². The predicted molar refractivity (Wildman–Crippen MR) is 91.4 cm³/mol. The second-order valence-electron chi connectivity index (χ2n) is 7.10. The quantitative estimate of drug-likeness (QED) is 0.745. The summed E-state index contributed by atoms with van der Waals surface area (Å²) < 4.78 is 6.38. The molecule has 0 saturated carbocycles. The molecule has 0 aromatic heterocycles. The highest BCUT2D eigenvalue weighted by Gasteiger charge is 2.40. The molecule has 2 heterocycles. The molecule has 0 spiro atoms. The molecule has 0 radical (unpaired) electrons. The number of carbonyl (C=O) groups is 1. The van der Waals surface area contributed by atoms with Crippen molar-refractivity contribution < 1.29 is 9.53 Å². The van der Waals surface area contributed by atoms with E-state index in [-0.39, 0.29) is 18.1 Å². The van der Waals surface area contributed by atoms with Gasteiger partial charge in [-0.3, -0.25) is 0 Å². The molecule has 3 rings (SSSR count). The van der Waals surface area contributed by atoms with Gasteiger partial charge in [-0.15, -0.1) is 0 Å². The third-order valence-electron chi connectivity index (χ3n) is 4.25. The zero-order valence-corrected chi connectivity index (χ0v) is 15.1. The van der Waals surface area contributed by atoms with Crippen LogP contribution in [-0.2, 0) is 4.74 Å². The number of fused-ring (bicyclic) bond motifs is 3. The van der Waals surface area contributed by atoms with Crippen LogP contribution in [0.1, 0.15) is 44.2 Å². The lowest BCUT2D eigenvalue weighted by Crippen LogP contribution is -2.46. The fourth-order valence-corrected chi connectivity index (χ4v) is 3.76. The van der Waals surface area contributed by atoms with E-state index in [1.807, 2.05) is 32.9 Å². The summed E-state index contributed by atoms with van der Waals surface area (Å²) in [5, 5.41) is 12.8. The van der Waals surface area contributed by atoms with Crippen molar-refractivity contribution in [2.75, 3.05) is 18.4 Å². The molecule has 1 saturated heterocycles. The Morgan fingerprint density at radius 3 is 2.87 bits per heavy atom. The van der Waals surface area contributed by atoms with E-state index in [4.69, 9.17) is 4.74 Å². The van der Waals surface area contributed by atoms with Gasteiger partial charge in [0.05, 0.1) is 11.3 Å². The standard InChI is InChI=1S/C17H20BrN3O2/c1-17(2,3)23-16(22)21-5-4-14-13(9-21)12-7-11(18)6-10(8-19)15(12)20-14/h6-7,13-14,20H,4-5,9H2,1-3H3/t13-,14-/m1/s1. The van der Waals surface area contributed by atoms with Crippen LogP contribution in [0.4, 0.5) is 10.5 Å². The maximum Gasteiger partial charge on any atom is 0.410 e. The van der Waals surface area contributed by atoms with E-state index in [1.54, 1.807) is 4.90 Å². The first-order valence-corrected chi connectivity index (χ1v) is 8.56. The molecule has 6 heteroatoms. The summed E-state index contributed by atoms with van der Waals surface area (Å²) >= 11 is 3.47. The zero-order valence-electron chi connectivity index (χ0n) is 13.5. The minimum absolute atomic E-state index is 0.191. The molecule has 2 aliphatic heterocycles. The number of halogens is 1. The van der Waals surface area contributed by atoms with E-state index in [2.05, 4.69) is 27.3 Å². The summed E-state index contributed by atoms with van der Waals surface area (Å²) in [6, 6.07) is 6.39. The molecule has 1 amide bonds. The van der Waals surface area contributed by atoms with Crippen molar-refractivity contribution in [3.8, 4) is 6.07 Å². The molecule has 0 aliphatic carbocycles. The van der Waals surface area contributed by atoms with E-state index >= 15 is 0 Å². The number of likely N-dealkylation sites (tertiary alicyclic amines) is 1. The Balaban J connectivity index is 1.84. The predicted octanol–water partition coefficient (Wildman–Crippen LogP) is 3.84. The third-order valence-corrected chi connectivity index (χ3v) is 4.71. The van der Waals surface area contributed by atoms with E-state index in [1.165, 1.54) is 0 Å². The fraction of sp³-hybridized carbons (Fsp3) is 0.529. The van der Waals surface area contributed by atoms with Crippen molar-refractivity contribution in [1.82, 2.24) is 4.90 Å². The van der Waals surface area contributed by atoms with Crippen LogP contribution in [0.3, 0.4) is 0 Å². The Labute approximate surface area is 144 Å². The fourth-order valence-electron chi connectivity index (χ4n) is 3.29. The van der Waals surface area contributed by atoms with Gasteiger partial charge in [-0.2, -0.15) is 5.26 Å². The van der Waals surface area contributed by atoms with Crippen LogP contribution in [0.25, 0.3) is 0 Å². The van der Waals surface area contributed by atoms with Crippen LogP contribution < -0.4 is 5.32 Å². The summed E-state index contributed by atoms with van der Waals surface area (Å²) in [5.74, 6) is 0.191. The van der Waals surface area contributed by atoms with E-state index in [0.29, 0.717) is 18.7 Å². The molecule has 2 atom stereocenters. The van der Waals surface area contributed by atoms with Crippen molar-refractivity contribution >= 4 is 27.7 Å². The number of benzene rings is 1. The molecule has 2 aliphatic rings. The number of carbonyl (C=O) groups excluding carboxylic acids is 1. The Kier molecular flexibility index (Phi) is 4.01. The van der Waals surface area contributed by atoms with Crippen molar-refractivity contribution in [3.63, 3.8) is 0 Å². The molecule has 1 N–H and O–H groups in total. The van der Waals surface area contributed by atoms with Gasteiger partial charge in [0.2, 0.25) is 0 Å². The van der Waals surface area contributed by atoms with E-state index < -0.39 is 5.60 Å². The van der Waals surface area contributed by atoms with Gasteiger partial charge in [0.1, 0.15) is 11.7 Å². The number of nitriles is 1. The minimum atomic E-state index is -0.489. The van der Waals surface area contributed by atoms with Crippen molar-refractivity contribution in [2.45, 2.75) is 44.8 Å². The van der Waals surface area contributed by atoms with Crippen LogP contribution >= 0.6 is 15.9 Å². The van der Waals surface area contributed by atoms with Crippen LogP contribution in [0, 0.1) is 11.3 Å². The molecule has 1 aromatic rings. The average molecular weight is 378 g/mol. The summed E-state index contributed by atoms with van der Waals surface area (Å²) in [6.07, 6.45) is 0.584. The summed E-state index contributed by atoms with van der Waals surface area (Å²) in [5.41, 5.74) is 2.18. The lowest BCUT2D eigenvalue weighted by Gasteiger charge is -2.36. The monoisotopic (exact) mass is 377 g/mol. The number of hydrogen-bond acceptors (Lipinski definition) is 4. The first kappa shape index (κ1) is 16.1. The smallest absolute Gasteiger partial charge is 0.410 e. The Morgan fingerprint density at radius 1 is 1.48 bits per heavy atom. The number of amides is 1. The number of ether oxygens (including phenoxy) is 1. The van der Waals surface area contributed by atoms with Gasteiger partial charge in [0, 0.05) is 29.5 Å². The number of anilines is 1. The van der Waals surface area contributed by atoms with Crippen molar-refractivity contribution in [3.05, 3.63) is 27.7 Å². The Hall–Kier alpha value is -1.74. The highest BCUT2D eigenvalue weighted by Crippen LogP contribution is 2.43. The number of piperidine rings is 1. The second-order valence-corrected chi connectivity index (χ2v) is 8.02. The van der Waals surface area contributed by atoms with Gasteiger partial charge in [0.15, 0.2) is 0 Å². The number of hydrogen-bond donors (Lipinski definition) is 1. The van der Waals surface area contributed by atoms with Gasteiger partial charge in [0.25, 0.3) is 0 Å². The van der Waals surface area contributed by atoms with E-state index in [0.717, 1.165) is 22.1 Å². The maximum atomic E-state index is 12.3. The van der Waals surface area contributed by atoms with Gasteiger partial charge in [-0.25, -0.2) is 4.79 Å². The Morgan fingerprint density at radius 2 is 2.22 bits per heavy atom. The first-order chi connectivity index (χ1) is 10.8. The number of nitrogens with zero attached hydrogens (tertiary/aromatic N) is 2. The number of rotatable bonds is 0. The van der Waals surface area contributed by atoms with Crippen LogP contribution in [0.15, 0.2) is 16.6 Å². The molecule has 23 heavy (non-hydrogen) atoms. The van der Waals surface area contributed by atoms with Gasteiger partial charge >= 0.3 is 6.09 Å². The normalized spacial score (nSPS) is 22.7. The molecule has 0 bridgehead atoms. The first-order valence-electron chi connectivity index (χ1n) is 7.76. The van der Waals surface area contributed by atoms with Crippen LogP contribution in [-0.4, -0.2) is 35.7 Å². The number of nitrogens with one attached hydrogen (secondary N) is 1. The Bertz CT molecular complexity index is 690. The second kappa shape index (κ2) is 5.72. The van der Waals surface area contributed by atoms with E-state index in [9.17, 15) is 10.1 Å². The minimum Gasteiger partial charge on any atom is -0.444 e. The molecule has 1 fully saturated rings. The molecule has 122 valence electrons. The largest absolute Gasteiger partial charge is 0.444 e. The molecule has 1 aromatic carbocycles. The highest BCUT2D eigenvalue weighted by molar-refractivity contribution is 9.10. The average Bonchev–Trinajstić information content (AvgIpc) is 2.82.